The number of unbranched alkanes of at least 4 members (excludes halogenated alkanes) is 6. The van der Waals surface area contributed by atoms with E-state index in [4.69, 9.17) is 28.4 Å². The number of rotatable bonds is 19. The number of carbonyl (C=O) groups is 3. The van der Waals surface area contributed by atoms with Crippen LogP contribution in [0.3, 0.4) is 0 Å². The first-order chi connectivity index (χ1) is 21.4. The quantitative estimate of drug-likeness (QED) is 0.0754. The van der Waals surface area contributed by atoms with Crippen molar-refractivity contribution in [2.24, 2.45) is 11.8 Å². The summed E-state index contributed by atoms with van der Waals surface area (Å²) < 4.78 is 34.2. The lowest BCUT2D eigenvalue weighted by Crippen LogP contribution is -2.65. The molecule has 2 heterocycles. The summed E-state index contributed by atoms with van der Waals surface area (Å²) in [5.41, 5.74) is 0. The van der Waals surface area contributed by atoms with Crippen molar-refractivity contribution in [1.82, 2.24) is 0 Å². The molecule has 0 aliphatic carbocycles. The molecule has 2 aliphatic heterocycles. The van der Waals surface area contributed by atoms with E-state index in [-0.39, 0.29) is 6.42 Å². The molecule has 0 radical (unpaired) electrons. The van der Waals surface area contributed by atoms with Crippen LogP contribution < -0.4 is 0 Å². The fourth-order valence-corrected chi connectivity index (χ4v) is 5.12. The largest absolute Gasteiger partial charge is 0.455 e. The van der Waals surface area contributed by atoms with Crippen molar-refractivity contribution in [3.05, 3.63) is 0 Å². The average Bonchev–Trinajstić information content (AvgIpc) is 3.28. The molecule has 2 aliphatic rings. The third-order valence-corrected chi connectivity index (χ3v) is 8.22. The zero-order chi connectivity index (χ0) is 33.7. The van der Waals surface area contributed by atoms with Gasteiger partial charge in [-0.05, 0) is 12.8 Å². The van der Waals surface area contributed by atoms with Crippen LogP contribution in [-0.2, 0) is 42.8 Å². The third kappa shape index (κ3) is 10.5. The summed E-state index contributed by atoms with van der Waals surface area (Å²) in [5.74, 6) is -5.76. The summed E-state index contributed by atoms with van der Waals surface area (Å²) in [6.45, 7) is 6.07. The predicted molar refractivity (Wildman–Crippen MR) is 157 cm³/mol. The first-order valence-corrected chi connectivity index (χ1v) is 16.2. The van der Waals surface area contributed by atoms with Gasteiger partial charge in [-0.3, -0.25) is 14.4 Å². The van der Waals surface area contributed by atoms with Crippen LogP contribution in [0.2, 0.25) is 0 Å². The topological polar surface area (TPSA) is 208 Å². The summed E-state index contributed by atoms with van der Waals surface area (Å²) in [7, 11) is 0. The Morgan fingerprint density at radius 3 is 1.96 bits per heavy atom. The van der Waals surface area contributed by atoms with Gasteiger partial charge in [0.15, 0.2) is 18.3 Å². The first kappa shape index (κ1) is 39.3. The number of carbonyl (C=O) groups excluding carboxylic acids is 3. The lowest BCUT2D eigenvalue weighted by molar-refractivity contribution is -0.384. The van der Waals surface area contributed by atoms with E-state index in [1.54, 1.807) is 27.7 Å². The van der Waals surface area contributed by atoms with E-state index in [0.29, 0.717) is 12.8 Å². The summed E-state index contributed by atoms with van der Waals surface area (Å²) in [6.07, 6.45) is -5.65. The van der Waals surface area contributed by atoms with E-state index in [1.807, 2.05) is 0 Å². The average molecular weight is 651 g/mol. The highest BCUT2D eigenvalue weighted by Crippen LogP contribution is 2.39. The van der Waals surface area contributed by atoms with E-state index >= 15 is 0 Å². The Labute approximate surface area is 265 Å². The fraction of sp³-hybridized carbons (Fsp3) is 0.903. The Morgan fingerprint density at radius 1 is 0.778 bits per heavy atom. The lowest BCUT2D eigenvalue weighted by atomic mass is 9.97. The zero-order valence-electron chi connectivity index (χ0n) is 27.2. The first-order valence-electron chi connectivity index (χ1n) is 16.2. The van der Waals surface area contributed by atoms with Crippen molar-refractivity contribution >= 4 is 17.9 Å². The number of hydrogen-bond donors (Lipinski definition) is 5. The number of esters is 3. The molecule has 14 nitrogen and oxygen atoms in total. The molecule has 0 amide bonds. The van der Waals surface area contributed by atoms with Crippen LogP contribution in [0.15, 0.2) is 0 Å². The molecule has 2 fully saturated rings. The molecule has 2 saturated heterocycles. The van der Waals surface area contributed by atoms with Gasteiger partial charge in [0, 0.05) is 6.42 Å². The third-order valence-electron chi connectivity index (χ3n) is 8.22. The fourth-order valence-electron chi connectivity index (χ4n) is 5.12. The van der Waals surface area contributed by atoms with E-state index in [0.717, 1.165) is 38.5 Å². The van der Waals surface area contributed by atoms with Gasteiger partial charge in [0.2, 0.25) is 12.1 Å². The highest BCUT2D eigenvalue weighted by atomic mass is 16.8. The van der Waals surface area contributed by atoms with E-state index in [1.165, 1.54) is 0 Å². The van der Waals surface area contributed by atoms with Gasteiger partial charge in [-0.1, -0.05) is 73.1 Å². The van der Waals surface area contributed by atoms with Gasteiger partial charge in [-0.2, -0.15) is 0 Å². The molecule has 0 aromatic carbocycles. The molecule has 0 spiro atoms. The molecule has 262 valence electrons. The minimum atomic E-state index is -2.35. The molecule has 10 atom stereocenters. The minimum Gasteiger partial charge on any atom is -0.455 e. The minimum absolute atomic E-state index is 0.00343. The molecular formula is C31H54O14. The second kappa shape index (κ2) is 19.0. The van der Waals surface area contributed by atoms with Gasteiger partial charge in [-0.15, -0.1) is 0 Å². The Hall–Kier alpha value is -1.91. The van der Waals surface area contributed by atoms with Crippen LogP contribution in [0.25, 0.3) is 0 Å². The molecule has 5 N–H and O–H groups in total. The molecule has 14 heteroatoms. The SMILES string of the molecule is CCCCCCCCCC(=O)O[C@H]1[C@@H](O[C@]2(CO)O[C@H](CO)[C@@H](O)[C@@H]2OC(=O)[C@@H](C)CC)O[C@H](CO)[C@@H](O)[C@@H]1OC(=O)C(C)C. The molecule has 0 saturated carbocycles. The second-order valence-electron chi connectivity index (χ2n) is 12.2. The van der Waals surface area contributed by atoms with Crippen molar-refractivity contribution in [3.63, 3.8) is 0 Å². The van der Waals surface area contributed by atoms with Crippen molar-refractivity contribution in [2.75, 3.05) is 19.8 Å². The smallest absolute Gasteiger partial charge is 0.309 e. The van der Waals surface area contributed by atoms with Gasteiger partial charge >= 0.3 is 17.9 Å². The highest BCUT2D eigenvalue weighted by molar-refractivity contribution is 5.72. The molecule has 45 heavy (non-hydrogen) atoms. The summed E-state index contributed by atoms with van der Waals surface area (Å²) in [5, 5.41) is 52.2. The lowest BCUT2D eigenvalue weighted by Gasteiger charge is -2.45. The molecule has 2 rings (SSSR count). The molecule has 0 aromatic heterocycles. The van der Waals surface area contributed by atoms with Crippen molar-refractivity contribution in [1.29, 1.82) is 0 Å². The van der Waals surface area contributed by atoms with E-state index in [9.17, 15) is 39.9 Å². The maximum absolute atomic E-state index is 13.0. The number of hydrogen-bond acceptors (Lipinski definition) is 14. The van der Waals surface area contributed by atoms with Crippen LogP contribution in [0, 0.1) is 11.8 Å². The number of ether oxygens (including phenoxy) is 6. The Bertz CT molecular complexity index is 915. The van der Waals surface area contributed by atoms with E-state index in [2.05, 4.69) is 6.92 Å². The van der Waals surface area contributed by atoms with Gasteiger partial charge in [-0.25, -0.2) is 0 Å². The van der Waals surface area contributed by atoms with Gasteiger partial charge in [0.05, 0.1) is 25.0 Å². The number of aliphatic hydroxyl groups is 5. The Balaban J connectivity index is 2.39. The van der Waals surface area contributed by atoms with Gasteiger partial charge < -0.3 is 54.0 Å². The summed E-state index contributed by atoms with van der Waals surface area (Å²) in [6, 6.07) is 0. The van der Waals surface area contributed by atoms with Crippen molar-refractivity contribution in [2.45, 2.75) is 147 Å². The zero-order valence-corrected chi connectivity index (χ0v) is 27.2. The van der Waals surface area contributed by atoms with Crippen LogP contribution in [0.4, 0.5) is 0 Å². The van der Waals surface area contributed by atoms with Crippen LogP contribution in [0.1, 0.15) is 92.4 Å². The predicted octanol–water partition coefficient (Wildman–Crippen LogP) is 1.10. The summed E-state index contributed by atoms with van der Waals surface area (Å²) >= 11 is 0. The van der Waals surface area contributed by atoms with Crippen molar-refractivity contribution in [3.8, 4) is 0 Å². The molecule has 0 aromatic rings. The van der Waals surface area contributed by atoms with Crippen LogP contribution in [0.5, 0.6) is 0 Å². The van der Waals surface area contributed by atoms with Crippen LogP contribution >= 0.6 is 0 Å². The van der Waals surface area contributed by atoms with Gasteiger partial charge in [0.1, 0.15) is 31.0 Å². The van der Waals surface area contributed by atoms with Crippen LogP contribution in [-0.4, -0.2) is 118 Å². The maximum Gasteiger partial charge on any atom is 0.309 e. The Kier molecular flexibility index (Phi) is 16.6. The molecule has 0 unspecified atom stereocenters. The van der Waals surface area contributed by atoms with Crippen molar-refractivity contribution < 1.29 is 68.3 Å². The molecular weight excluding hydrogens is 596 g/mol. The highest BCUT2D eigenvalue weighted by Gasteiger charge is 2.62. The molecule has 0 bridgehead atoms. The maximum atomic E-state index is 13.0. The van der Waals surface area contributed by atoms with Gasteiger partial charge in [0.25, 0.3) is 0 Å². The van der Waals surface area contributed by atoms with E-state index < -0.39 is 104 Å². The Morgan fingerprint density at radius 2 is 1.40 bits per heavy atom. The second-order valence-corrected chi connectivity index (χ2v) is 12.2. The summed E-state index contributed by atoms with van der Waals surface area (Å²) in [4.78, 5) is 38.4. The monoisotopic (exact) mass is 650 g/mol. The number of aliphatic hydroxyl groups excluding tert-OH is 5. The standard InChI is InChI=1S/C31H54O14/c1-6-8-9-10-11-12-13-14-22(35)41-26-25(42-28(38)18(3)4)23(36)20(15-32)40-30(26)45-31(17-34)27(24(37)21(16-33)44-31)43-29(39)19(5)7-2/h18-21,23-27,30,32-34,36-37H,6-17H2,1-5H3/t19-,20+,21+,23+,24+,25-,26+,27-,30+,31-/m0/s1. The normalized spacial score (nSPS) is 32.3.